The van der Waals surface area contributed by atoms with Crippen molar-refractivity contribution < 1.29 is 13.2 Å². The zero-order valence-corrected chi connectivity index (χ0v) is 18.5. The lowest BCUT2D eigenvalue weighted by Crippen LogP contribution is -2.41. The van der Waals surface area contributed by atoms with E-state index in [0.717, 1.165) is 28.9 Å². The molecule has 0 saturated carbocycles. The number of hydrogen-bond donors (Lipinski definition) is 1. The van der Waals surface area contributed by atoms with Gasteiger partial charge >= 0.3 is 0 Å². The zero-order chi connectivity index (χ0) is 20.7. The van der Waals surface area contributed by atoms with Crippen LogP contribution in [0.25, 0.3) is 0 Å². The van der Waals surface area contributed by atoms with Crippen LogP contribution in [0.2, 0.25) is 0 Å². The van der Waals surface area contributed by atoms with Crippen LogP contribution >= 0.6 is 11.8 Å². The number of hydrogen-bond acceptors (Lipinski definition) is 4. The fourth-order valence-corrected chi connectivity index (χ4v) is 4.52. The molecule has 0 atom stereocenters. The monoisotopic (exact) mass is 420 g/mol. The van der Waals surface area contributed by atoms with E-state index in [2.05, 4.69) is 30.4 Å². The third-order valence-electron chi connectivity index (χ3n) is 4.24. The fourth-order valence-electron chi connectivity index (χ4n) is 2.81. The largest absolute Gasteiger partial charge is 0.354 e. The van der Waals surface area contributed by atoms with Gasteiger partial charge in [0.15, 0.2) is 0 Å². The molecule has 1 N–H and O–H groups in total. The first-order valence-corrected chi connectivity index (χ1v) is 12.1. The molecule has 5 nitrogen and oxygen atoms in total. The van der Waals surface area contributed by atoms with Crippen LogP contribution < -0.4 is 9.62 Å². The summed E-state index contributed by atoms with van der Waals surface area (Å²) in [6, 6.07) is 13.9. The summed E-state index contributed by atoms with van der Waals surface area (Å²) < 4.78 is 25.6. The standard InChI is InChI=1S/C21H28N2O3S2/c1-16-6-5-7-19(12-16)15-27-11-10-22-21(24)14-23(28(4,25)26)20-13-17(2)8-9-18(20)3/h5-9,12-13H,10-11,14-15H2,1-4H3,(H,22,24). The van der Waals surface area contributed by atoms with Gasteiger partial charge < -0.3 is 5.32 Å². The van der Waals surface area contributed by atoms with Crippen molar-refractivity contribution in [3.63, 3.8) is 0 Å². The first-order valence-electron chi connectivity index (χ1n) is 9.12. The number of carbonyl (C=O) groups excluding carboxylic acids is 1. The molecule has 0 unspecified atom stereocenters. The predicted molar refractivity (Wildman–Crippen MR) is 118 cm³/mol. The molecular formula is C21H28N2O3S2. The van der Waals surface area contributed by atoms with Gasteiger partial charge in [-0.1, -0.05) is 42.0 Å². The maximum Gasteiger partial charge on any atom is 0.240 e. The number of carbonyl (C=O) groups is 1. The Bertz CT molecular complexity index is 927. The van der Waals surface area contributed by atoms with Gasteiger partial charge in [-0.3, -0.25) is 9.10 Å². The maximum absolute atomic E-state index is 12.3. The molecule has 0 heterocycles. The lowest BCUT2D eigenvalue weighted by atomic mass is 10.1. The number of nitrogens with one attached hydrogen (secondary N) is 1. The molecule has 7 heteroatoms. The van der Waals surface area contributed by atoms with Gasteiger partial charge in [-0.2, -0.15) is 11.8 Å². The highest BCUT2D eigenvalue weighted by Gasteiger charge is 2.22. The SMILES string of the molecule is Cc1cccc(CSCCNC(=O)CN(c2cc(C)ccc2C)S(C)(=O)=O)c1. The van der Waals surface area contributed by atoms with E-state index in [1.54, 1.807) is 17.8 Å². The Balaban J connectivity index is 1.87. The molecule has 2 aromatic rings. The molecule has 0 aliphatic heterocycles. The molecule has 0 aliphatic rings. The molecule has 28 heavy (non-hydrogen) atoms. The third kappa shape index (κ3) is 6.87. The summed E-state index contributed by atoms with van der Waals surface area (Å²) in [7, 11) is -3.56. The van der Waals surface area contributed by atoms with Gasteiger partial charge in [-0.05, 0) is 43.5 Å². The van der Waals surface area contributed by atoms with Gasteiger partial charge in [0, 0.05) is 18.1 Å². The van der Waals surface area contributed by atoms with Crippen molar-refractivity contribution in [3.05, 3.63) is 64.7 Å². The minimum atomic E-state index is -3.56. The van der Waals surface area contributed by atoms with Crippen LogP contribution in [0.4, 0.5) is 5.69 Å². The van der Waals surface area contributed by atoms with Gasteiger partial charge in [0.05, 0.1) is 11.9 Å². The van der Waals surface area contributed by atoms with Crippen LogP contribution in [0.1, 0.15) is 22.3 Å². The van der Waals surface area contributed by atoms with E-state index < -0.39 is 10.0 Å². The van der Waals surface area contributed by atoms with Crippen molar-refractivity contribution in [1.29, 1.82) is 0 Å². The van der Waals surface area contributed by atoms with Gasteiger partial charge in [0.2, 0.25) is 15.9 Å². The summed E-state index contributed by atoms with van der Waals surface area (Å²) >= 11 is 1.74. The Hall–Kier alpha value is -1.99. The average molecular weight is 421 g/mol. The van der Waals surface area contributed by atoms with Crippen molar-refractivity contribution in [3.8, 4) is 0 Å². The van der Waals surface area contributed by atoms with E-state index in [4.69, 9.17) is 0 Å². The van der Waals surface area contributed by atoms with Crippen LogP contribution in [0.3, 0.4) is 0 Å². The smallest absolute Gasteiger partial charge is 0.240 e. The van der Waals surface area contributed by atoms with Crippen LogP contribution in [-0.2, 0) is 20.6 Å². The highest BCUT2D eigenvalue weighted by molar-refractivity contribution is 7.98. The molecule has 1 amide bonds. The number of benzene rings is 2. The number of nitrogens with zero attached hydrogens (tertiary/aromatic N) is 1. The van der Waals surface area contributed by atoms with Crippen LogP contribution in [0.5, 0.6) is 0 Å². The lowest BCUT2D eigenvalue weighted by Gasteiger charge is -2.24. The summed E-state index contributed by atoms with van der Waals surface area (Å²) in [5.74, 6) is 1.35. The van der Waals surface area contributed by atoms with Crippen molar-refractivity contribution >= 4 is 33.4 Å². The maximum atomic E-state index is 12.3. The average Bonchev–Trinajstić information content (AvgIpc) is 2.61. The molecular weight excluding hydrogens is 392 g/mol. The summed E-state index contributed by atoms with van der Waals surface area (Å²) in [6.07, 6.45) is 1.12. The van der Waals surface area contributed by atoms with E-state index in [-0.39, 0.29) is 12.5 Å². The Kier molecular flexibility index (Phi) is 7.95. The number of sulfonamides is 1. The van der Waals surface area contributed by atoms with Crippen molar-refractivity contribution in [2.24, 2.45) is 0 Å². The minimum absolute atomic E-state index is 0.217. The predicted octanol–water partition coefficient (Wildman–Crippen LogP) is 3.43. The van der Waals surface area contributed by atoms with Gasteiger partial charge in [0.1, 0.15) is 6.54 Å². The Labute approximate surface area is 172 Å². The topological polar surface area (TPSA) is 66.5 Å². The summed E-state index contributed by atoms with van der Waals surface area (Å²) in [5.41, 5.74) is 4.81. The van der Waals surface area contributed by atoms with E-state index >= 15 is 0 Å². The number of aryl methyl sites for hydroxylation is 3. The van der Waals surface area contributed by atoms with E-state index in [9.17, 15) is 13.2 Å². The first-order chi connectivity index (χ1) is 13.2. The van der Waals surface area contributed by atoms with Gasteiger partial charge in [0.25, 0.3) is 0 Å². The van der Waals surface area contributed by atoms with E-state index in [1.165, 1.54) is 15.4 Å². The van der Waals surface area contributed by atoms with Crippen molar-refractivity contribution in [2.45, 2.75) is 26.5 Å². The highest BCUT2D eigenvalue weighted by Crippen LogP contribution is 2.23. The Morgan fingerprint density at radius 1 is 1.07 bits per heavy atom. The first kappa shape index (κ1) is 22.3. The fraction of sp³-hybridized carbons (Fsp3) is 0.381. The molecule has 0 radical (unpaired) electrons. The second kappa shape index (κ2) is 9.98. The van der Waals surface area contributed by atoms with Gasteiger partial charge in [-0.25, -0.2) is 8.42 Å². The lowest BCUT2D eigenvalue weighted by molar-refractivity contribution is -0.119. The summed E-state index contributed by atoms with van der Waals surface area (Å²) in [6.45, 7) is 6.09. The Morgan fingerprint density at radius 3 is 2.46 bits per heavy atom. The molecule has 0 aromatic heterocycles. The molecule has 0 bridgehead atoms. The van der Waals surface area contributed by atoms with Crippen LogP contribution in [0, 0.1) is 20.8 Å². The van der Waals surface area contributed by atoms with Crippen molar-refractivity contribution in [1.82, 2.24) is 5.32 Å². The van der Waals surface area contributed by atoms with E-state index in [0.29, 0.717) is 12.2 Å². The van der Waals surface area contributed by atoms with Gasteiger partial charge in [-0.15, -0.1) is 0 Å². The molecule has 0 spiro atoms. The molecule has 0 saturated heterocycles. The normalized spacial score (nSPS) is 11.3. The summed E-state index contributed by atoms with van der Waals surface area (Å²) in [4.78, 5) is 12.3. The highest BCUT2D eigenvalue weighted by atomic mass is 32.2. The van der Waals surface area contributed by atoms with Crippen molar-refractivity contribution in [2.75, 3.05) is 29.4 Å². The quantitative estimate of drug-likeness (QED) is 0.631. The molecule has 0 aliphatic carbocycles. The molecule has 2 aromatic carbocycles. The summed E-state index contributed by atoms with van der Waals surface area (Å²) in [5, 5.41) is 2.82. The molecule has 2 rings (SSSR count). The Morgan fingerprint density at radius 2 is 1.79 bits per heavy atom. The van der Waals surface area contributed by atoms with Crippen LogP contribution in [-0.4, -0.2) is 39.4 Å². The van der Waals surface area contributed by atoms with Crippen LogP contribution in [0.15, 0.2) is 42.5 Å². The number of thioether (sulfide) groups is 1. The number of anilines is 1. The molecule has 152 valence electrons. The zero-order valence-electron chi connectivity index (χ0n) is 16.9. The minimum Gasteiger partial charge on any atom is -0.354 e. The van der Waals surface area contributed by atoms with E-state index in [1.807, 2.05) is 32.0 Å². The molecule has 0 fully saturated rings. The second-order valence-corrected chi connectivity index (χ2v) is 9.96. The third-order valence-corrected chi connectivity index (χ3v) is 6.40. The second-order valence-electron chi connectivity index (χ2n) is 6.95. The number of amides is 1. The number of rotatable bonds is 9.